The summed E-state index contributed by atoms with van der Waals surface area (Å²) in [7, 11) is 0. The molecule has 1 aliphatic carbocycles. The highest BCUT2D eigenvalue weighted by Crippen LogP contribution is 2.37. The van der Waals surface area contributed by atoms with Crippen LogP contribution < -0.4 is 0 Å². The minimum Gasteiger partial charge on any atom is -0.207 e. The van der Waals surface area contributed by atoms with Crippen LogP contribution in [-0.2, 0) is 6.42 Å². The molecule has 15 heavy (non-hydrogen) atoms. The van der Waals surface area contributed by atoms with E-state index in [4.69, 9.17) is 0 Å². The Kier molecular flexibility index (Phi) is 3.03. The van der Waals surface area contributed by atoms with E-state index in [1.165, 1.54) is 5.56 Å². The summed E-state index contributed by atoms with van der Waals surface area (Å²) in [5.74, 6) is -1.94. The number of hydrogen-bond donors (Lipinski definition) is 0. The van der Waals surface area contributed by atoms with Gasteiger partial charge in [0, 0.05) is 12.8 Å². The van der Waals surface area contributed by atoms with Gasteiger partial charge in [0.15, 0.2) is 0 Å². The molecule has 0 bridgehead atoms. The van der Waals surface area contributed by atoms with E-state index in [1.807, 2.05) is 18.2 Å². The zero-order valence-corrected chi connectivity index (χ0v) is 8.76. The fourth-order valence-corrected chi connectivity index (χ4v) is 2.25. The average Bonchev–Trinajstić information content (AvgIpc) is 2.23. The molecule has 1 aromatic carbocycles. The third kappa shape index (κ3) is 3.01. The molecule has 0 radical (unpaired) electrons. The summed E-state index contributed by atoms with van der Waals surface area (Å²) in [6.07, 6.45) is 2.44. The second-order valence-electron chi connectivity index (χ2n) is 4.49. The molecule has 1 saturated carbocycles. The molecule has 0 aromatic heterocycles. The molecule has 2 rings (SSSR count). The monoisotopic (exact) mass is 210 g/mol. The van der Waals surface area contributed by atoms with Gasteiger partial charge >= 0.3 is 0 Å². The van der Waals surface area contributed by atoms with E-state index in [0.29, 0.717) is 18.8 Å². The molecule has 82 valence electrons. The second kappa shape index (κ2) is 4.30. The Morgan fingerprint density at radius 2 is 1.67 bits per heavy atom. The van der Waals surface area contributed by atoms with Crippen LogP contribution >= 0.6 is 0 Å². The molecule has 0 aliphatic heterocycles. The van der Waals surface area contributed by atoms with Crippen molar-refractivity contribution >= 4 is 0 Å². The van der Waals surface area contributed by atoms with Crippen molar-refractivity contribution in [3.05, 3.63) is 35.9 Å². The molecule has 0 heterocycles. The Balaban J connectivity index is 1.88. The van der Waals surface area contributed by atoms with E-state index in [1.54, 1.807) is 0 Å². The number of halogens is 2. The van der Waals surface area contributed by atoms with E-state index >= 15 is 0 Å². The minimum atomic E-state index is -2.40. The first kappa shape index (κ1) is 10.6. The van der Waals surface area contributed by atoms with Gasteiger partial charge in [-0.15, -0.1) is 0 Å². The number of benzene rings is 1. The van der Waals surface area contributed by atoms with Gasteiger partial charge in [-0.2, -0.15) is 0 Å². The van der Waals surface area contributed by atoms with Crippen molar-refractivity contribution < 1.29 is 8.78 Å². The maximum atomic E-state index is 12.9. The van der Waals surface area contributed by atoms with Crippen LogP contribution in [-0.4, -0.2) is 5.92 Å². The molecule has 1 fully saturated rings. The van der Waals surface area contributed by atoms with Crippen molar-refractivity contribution in [1.29, 1.82) is 0 Å². The molecule has 2 heteroatoms. The predicted octanol–water partition coefficient (Wildman–Crippen LogP) is 4.05. The lowest BCUT2D eigenvalue weighted by molar-refractivity contribution is -0.0456. The Bertz CT molecular complexity index is 296. The van der Waals surface area contributed by atoms with Gasteiger partial charge < -0.3 is 0 Å². The van der Waals surface area contributed by atoms with Gasteiger partial charge in [0.05, 0.1) is 0 Å². The second-order valence-corrected chi connectivity index (χ2v) is 4.49. The van der Waals surface area contributed by atoms with Gasteiger partial charge in [0.1, 0.15) is 0 Å². The largest absolute Gasteiger partial charge is 0.248 e. The van der Waals surface area contributed by atoms with Gasteiger partial charge in [-0.3, -0.25) is 0 Å². The molecule has 1 aliphatic rings. The Morgan fingerprint density at radius 3 is 2.27 bits per heavy atom. The van der Waals surface area contributed by atoms with Gasteiger partial charge in [-0.25, -0.2) is 8.78 Å². The van der Waals surface area contributed by atoms with Crippen molar-refractivity contribution in [2.75, 3.05) is 0 Å². The summed E-state index contributed by atoms with van der Waals surface area (Å²) in [6, 6.07) is 10.2. The number of alkyl halides is 2. The lowest BCUT2D eigenvalue weighted by Gasteiger charge is -2.28. The third-order valence-corrected chi connectivity index (χ3v) is 3.20. The molecule has 0 saturated heterocycles. The summed E-state index contributed by atoms with van der Waals surface area (Å²) in [4.78, 5) is 0. The lowest BCUT2D eigenvalue weighted by atomic mass is 9.83. The fraction of sp³-hybridized carbons (Fsp3) is 0.538. The quantitative estimate of drug-likeness (QED) is 0.690. The van der Waals surface area contributed by atoms with Gasteiger partial charge in [-0.05, 0) is 30.7 Å². The highest BCUT2D eigenvalue weighted by Gasteiger charge is 2.34. The Morgan fingerprint density at radius 1 is 1.07 bits per heavy atom. The van der Waals surface area contributed by atoms with Crippen molar-refractivity contribution in [2.24, 2.45) is 5.92 Å². The zero-order valence-electron chi connectivity index (χ0n) is 8.76. The minimum absolute atomic E-state index is 0.0739. The maximum absolute atomic E-state index is 12.9. The van der Waals surface area contributed by atoms with Crippen LogP contribution in [0.5, 0.6) is 0 Å². The van der Waals surface area contributed by atoms with E-state index in [2.05, 4.69) is 12.1 Å². The van der Waals surface area contributed by atoms with Crippen molar-refractivity contribution in [1.82, 2.24) is 0 Å². The van der Waals surface area contributed by atoms with Crippen LogP contribution in [0, 0.1) is 5.92 Å². The van der Waals surface area contributed by atoms with Crippen molar-refractivity contribution in [3.63, 3.8) is 0 Å². The first-order valence-electron chi connectivity index (χ1n) is 5.57. The molecule has 1 aromatic rings. The van der Waals surface area contributed by atoms with Crippen LogP contribution in [0.25, 0.3) is 0 Å². The SMILES string of the molecule is FC1(F)CCC(Cc2ccccc2)CC1. The summed E-state index contributed by atoms with van der Waals surface area (Å²) in [6.45, 7) is 0. The molecule has 0 amide bonds. The summed E-state index contributed by atoms with van der Waals surface area (Å²) in [5.41, 5.74) is 1.27. The average molecular weight is 210 g/mol. The van der Waals surface area contributed by atoms with Gasteiger partial charge in [-0.1, -0.05) is 30.3 Å². The first-order valence-corrected chi connectivity index (χ1v) is 5.57. The normalized spacial score (nSPS) is 21.5. The fourth-order valence-electron chi connectivity index (χ4n) is 2.25. The highest BCUT2D eigenvalue weighted by atomic mass is 19.3. The van der Waals surface area contributed by atoms with Crippen molar-refractivity contribution in [2.45, 2.75) is 38.0 Å². The van der Waals surface area contributed by atoms with E-state index in [-0.39, 0.29) is 12.8 Å². The number of rotatable bonds is 2. The first-order chi connectivity index (χ1) is 7.16. The molecule has 0 unspecified atom stereocenters. The summed E-state index contributed by atoms with van der Waals surface area (Å²) < 4.78 is 25.8. The maximum Gasteiger partial charge on any atom is 0.248 e. The standard InChI is InChI=1S/C13H16F2/c14-13(15)8-6-12(7-9-13)10-11-4-2-1-3-5-11/h1-5,12H,6-10H2. The van der Waals surface area contributed by atoms with Crippen LogP contribution in [0.1, 0.15) is 31.2 Å². The van der Waals surface area contributed by atoms with Crippen molar-refractivity contribution in [3.8, 4) is 0 Å². The molecular formula is C13H16F2. The molecule has 0 nitrogen and oxygen atoms in total. The smallest absolute Gasteiger partial charge is 0.207 e. The van der Waals surface area contributed by atoms with Crippen LogP contribution in [0.4, 0.5) is 8.78 Å². The highest BCUT2D eigenvalue weighted by molar-refractivity contribution is 5.15. The summed E-state index contributed by atoms with van der Waals surface area (Å²) in [5, 5.41) is 0. The third-order valence-electron chi connectivity index (χ3n) is 3.20. The summed E-state index contributed by atoms with van der Waals surface area (Å²) >= 11 is 0. The van der Waals surface area contributed by atoms with Gasteiger partial charge in [0.2, 0.25) is 5.92 Å². The molecule has 0 N–H and O–H groups in total. The van der Waals surface area contributed by atoms with E-state index in [9.17, 15) is 8.78 Å². The molecular weight excluding hydrogens is 194 g/mol. The predicted molar refractivity (Wildman–Crippen MR) is 57.1 cm³/mol. The van der Waals surface area contributed by atoms with Gasteiger partial charge in [0.25, 0.3) is 0 Å². The van der Waals surface area contributed by atoms with E-state index < -0.39 is 5.92 Å². The van der Waals surface area contributed by atoms with Crippen LogP contribution in [0.2, 0.25) is 0 Å². The van der Waals surface area contributed by atoms with Crippen LogP contribution in [0.3, 0.4) is 0 Å². The Hall–Kier alpha value is -0.920. The Labute approximate surface area is 89.3 Å². The molecule has 0 spiro atoms. The molecule has 0 atom stereocenters. The number of hydrogen-bond acceptors (Lipinski definition) is 0. The topological polar surface area (TPSA) is 0 Å². The lowest BCUT2D eigenvalue weighted by Crippen LogP contribution is -2.25. The van der Waals surface area contributed by atoms with Crippen LogP contribution in [0.15, 0.2) is 30.3 Å². The van der Waals surface area contributed by atoms with E-state index in [0.717, 1.165) is 6.42 Å². The zero-order chi connectivity index (χ0) is 10.7.